The average Bonchev–Trinajstić information content (AvgIpc) is 2.68. The lowest BCUT2D eigenvalue weighted by Gasteiger charge is -2.31. The Morgan fingerprint density at radius 3 is 1.95 bits per heavy atom. The third-order valence-corrected chi connectivity index (χ3v) is 5.75. The monoisotopic (exact) mass is 302 g/mol. The van der Waals surface area contributed by atoms with E-state index in [1.165, 1.54) is 12.8 Å². The third kappa shape index (κ3) is 6.11. The molecule has 19 heavy (non-hydrogen) atoms. The van der Waals surface area contributed by atoms with Crippen molar-refractivity contribution >= 4 is 16.6 Å². The minimum atomic E-state index is -1.45. The molecule has 1 aliphatic rings. The van der Waals surface area contributed by atoms with Crippen LogP contribution in [0.5, 0.6) is 0 Å². The maximum absolute atomic E-state index is 6.37. The van der Waals surface area contributed by atoms with Crippen LogP contribution in [0.15, 0.2) is 0 Å². The highest BCUT2D eigenvalue weighted by Crippen LogP contribution is 2.51. The first-order valence-electron chi connectivity index (χ1n) is 7.70. The Kier molecular flexibility index (Phi) is 5.15. The third-order valence-electron chi connectivity index (χ3n) is 3.66. The normalized spacial score (nSPS) is 29.7. The van der Waals surface area contributed by atoms with Crippen LogP contribution in [0.1, 0.15) is 33.6 Å². The molecule has 1 aliphatic carbocycles. The molecule has 0 N–H and O–H groups in total. The van der Waals surface area contributed by atoms with E-state index in [1.54, 1.807) is 0 Å². The van der Waals surface area contributed by atoms with Crippen molar-refractivity contribution in [2.45, 2.75) is 84.6 Å². The minimum Gasteiger partial charge on any atom is -0.414 e. The van der Waals surface area contributed by atoms with E-state index < -0.39 is 16.6 Å². The van der Waals surface area contributed by atoms with Crippen LogP contribution in [0.3, 0.4) is 0 Å². The molecule has 1 fully saturated rings. The zero-order valence-electron chi connectivity index (χ0n) is 14.5. The lowest BCUT2D eigenvalue weighted by Crippen LogP contribution is -2.37. The summed E-state index contributed by atoms with van der Waals surface area (Å²) in [6, 6.07) is 0. The molecule has 0 aliphatic heterocycles. The van der Waals surface area contributed by atoms with Crippen molar-refractivity contribution in [2.24, 2.45) is 11.8 Å². The molecule has 3 atom stereocenters. The number of hydrogen-bond acceptors (Lipinski definition) is 2. The summed E-state index contributed by atoms with van der Waals surface area (Å²) in [5.74, 6) is 1.30. The SMILES string of the molecule is CC(C)[C@@H](C[C@H]1C[C@@]1(C)O[Si](C)(C)C)O[Si](C)(C)C. The van der Waals surface area contributed by atoms with Crippen LogP contribution in [0, 0.1) is 11.8 Å². The van der Waals surface area contributed by atoms with Crippen molar-refractivity contribution in [1.29, 1.82) is 0 Å². The quantitative estimate of drug-likeness (QED) is 0.624. The largest absolute Gasteiger partial charge is 0.414 e. The van der Waals surface area contributed by atoms with Crippen molar-refractivity contribution in [3.63, 3.8) is 0 Å². The van der Waals surface area contributed by atoms with Gasteiger partial charge in [-0.05, 0) is 70.9 Å². The Balaban J connectivity index is 2.55. The highest BCUT2D eigenvalue weighted by Gasteiger charge is 2.53. The van der Waals surface area contributed by atoms with E-state index in [1.807, 2.05) is 0 Å². The first-order chi connectivity index (χ1) is 8.32. The van der Waals surface area contributed by atoms with Crippen molar-refractivity contribution in [3.8, 4) is 0 Å². The lowest BCUT2D eigenvalue weighted by molar-refractivity contribution is 0.105. The Hall–Kier alpha value is 0.354. The van der Waals surface area contributed by atoms with E-state index in [2.05, 4.69) is 60.1 Å². The molecule has 1 saturated carbocycles. The van der Waals surface area contributed by atoms with E-state index in [-0.39, 0.29) is 5.60 Å². The summed E-state index contributed by atoms with van der Waals surface area (Å²) < 4.78 is 12.7. The molecule has 0 aromatic heterocycles. The Labute approximate surface area is 122 Å². The predicted molar refractivity (Wildman–Crippen MR) is 88.6 cm³/mol. The van der Waals surface area contributed by atoms with Crippen LogP contribution in [0.4, 0.5) is 0 Å². The predicted octanol–water partition coefficient (Wildman–Crippen LogP) is 4.88. The van der Waals surface area contributed by atoms with Gasteiger partial charge in [-0.3, -0.25) is 0 Å². The molecule has 2 nitrogen and oxygen atoms in total. The first-order valence-corrected chi connectivity index (χ1v) is 14.5. The van der Waals surface area contributed by atoms with Gasteiger partial charge in [0.05, 0.1) is 5.60 Å². The van der Waals surface area contributed by atoms with Crippen LogP contribution in [-0.2, 0) is 8.85 Å². The molecule has 0 unspecified atom stereocenters. The molecule has 0 amide bonds. The topological polar surface area (TPSA) is 18.5 Å². The summed E-state index contributed by atoms with van der Waals surface area (Å²) in [5.41, 5.74) is 0.139. The Morgan fingerprint density at radius 1 is 1.05 bits per heavy atom. The second-order valence-electron chi connectivity index (χ2n) is 8.68. The van der Waals surface area contributed by atoms with Crippen molar-refractivity contribution < 1.29 is 8.85 Å². The van der Waals surface area contributed by atoms with Gasteiger partial charge in [-0.2, -0.15) is 0 Å². The van der Waals surface area contributed by atoms with E-state index in [4.69, 9.17) is 8.85 Å². The van der Waals surface area contributed by atoms with E-state index in [0.717, 1.165) is 0 Å². The molecule has 0 aromatic rings. The summed E-state index contributed by atoms with van der Waals surface area (Å²) in [6.07, 6.45) is 2.79. The lowest BCUT2D eigenvalue weighted by atomic mass is 10.0. The van der Waals surface area contributed by atoms with Gasteiger partial charge in [-0.25, -0.2) is 0 Å². The maximum atomic E-state index is 6.37. The van der Waals surface area contributed by atoms with Gasteiger partial charge in [-0.1, -0.05) is 13.8 Å². The highest BCUT2D eigenvalue weighted by molar-refractivity contribution is 6.70. The molecular formula is C15H34O2Si2. The van der Waals surface area contributed by atoms with Crippen molar-refractivity contribution in [1.82, 2.24) is 0 Å². The molecule has 0 radical (unpaired) electrons. The van der Waals surface area contributed by atoms with Crippen molar-refractivity contribution in [2.75, 3.05) is 0 Å². The second kappa shape index (κ2) is 5.62. The summed E-state index contributed by atoms with van der Waals surface area (Å²) in [7, 11) is -2.88. The van der Waals surface area contributed by atoms with Crippen LogP contribution in [0.25, 0.3) is 0 Å². The molecule has 4 heteroatoms. The molecule has 0 bridgehead atoms. The minimum absolute atomic E-state index is 0.139. The van der Waals surface area contributed by atoms with Crippen LogP contribution in [-0.4, -0.2) is 28.3 Å². The zero-order chi connectivity index (χ0) is 15.1. The number of hydrogen-bond donors (Lipinski definition) is 0. The zero-order valence-corrected chi connectivity index (χ0v) is 16.5. The molecule has 0 spiro atoms. The molecular weight excluding hydrogens is 268 g/mol. The van der Waals surface area contributed by atoms with Gasteiger partial charge in [0, 0.05) is 6.10 Å². The fourth-order valence-electron chi connectivity index (χ4n) is 2.78. The molecule has 0 heterocycles. The van der Waals surface area contributed by atoms with Gasteiger partial charge < -0.3 is 8.85 Å². The van der Waals surface area contributed by atoms with E-state index in [9.17, 15) is 0 Å². The fraction of sp³-hybridized carbons (Fsp3) is 1.00. The van der Waals surface area contributed by atoms with Crippen LogP contribution >= 0.6 is 0 Å². The Bertz CT molecular complexity index is 304. The van der Waals surface area contributed by atoms with E-state index >= 15 is 0 Å². The first kappa shape index (κ1) is 17.4. The van der Waals surface area contributed by atoms with Gasteiger partial charge in [0.25, 0.3) is 0 Å². The fourth-order valence-corrected chi connectivity index (χ4v) is 5.70. The smallest absolute Gasteiger partial charge is 0.184 e. The molecule has 0 saturated heterocycles. The van der Waals surface area contributed by atoms with Gasteiger partial charge in [0.2, 0.25) is 0 Å². The summed E-state index contributed by atoms with van der Waals surface area (Å²) >= 11 is 0. The van der Waals surface area contributed by atoms with Crippen LogP contribution in [0.2, 0.25) is 39.3 Å². The molecule has 114 valence electrons. The average molecular weight is 303 g/mol. The maximum Gasteiger partial charge on any atom is 0.184 e. The van der Waals surface area contributed by atoms with Gasteiger partial charge in [0.1, 0.15) is 0 Å². The molecule has 1 rings (SSSR count). The molecule has 0 aromatic carbocycles. The standard InChI is InChI=1S/C15H34O2Si2/c1-12(2)14(16-18(4,5)6)10-13-11-15(13,3)17-19(7,8)9/h12-14H,10-11H2,1-9H3/t13-,14+,15+/m0/s1. The van der Waals surface area contributed by atoms with Crippen molar-refractivity contribution in [3.05, 3.63) is 0 Å². The summed E-state index contributed by atoms with van der Waals surface area (Å²) in [4.78, 5) is 0. The summed E-state index contributed by atoms with van der Waals surface area (Å²) in [6.45, 7) is 20.6. The van der Waals surface area contributed by atoms with Crippen LogP contribution < -0.4 is 0 Å². The highest BCUT2D eigenvalue weighted by atomic mass is 28.4. The van der Waals surface area contributed by atoms with Gasteiger partial charge in [-0.15, -0.1) is 0 Å². The van der Waals surface area contributed by atoms with E-state index in [0.29, 0.717) is 17.9 Å². The number of rotatable bonds is 7. The second-order valence-corrected chi connectivity index (χ2v) is 17.6. The summed E-state index contributed by atoms with van der Waals surface area (Å²) in [5, 5.41) is 0. The van der Waals surface area contributed by atoms with Gasteiger partial charge in [0.15, 0.2) is 16.6 Å². The Morgan fingerprint density at radius 2 is 1.58 bits per heavy atom. The van der Waals surface area contributed by atoms with Gasteiger partial charge >= 0.3 is 0 Å².